The Balaban J connectivity index is 1.42. The molecule has 2 heterocycles. The van der Waals surface area contributed by atoms with Crippen molar-refractivity contribution in [2.75, 3.05) is 18.8 Å². The minimum absolute atomic E-state index is 0.00509. The fourth-order valence-corrected chi connectivity index (χ4v) is 4.27. The Labute approximate surface area is 226 Å². The molecule has 3 aromatic rings. The number of nitrogens with zero attached hydrogens (tertiary/aromatic N) is 1. The van der Waals surface area contributed by atoms with Gasteiger partial charge in [0.2, 0.25) is 6.79 Å². The maximum absolute atomic E-state index is 13.3. The fraction of sp³-hybridized carbons (Fsp3) is 0.111. The van der Waals surface area contributed by atoms with Crippen molar-refractivity contribution < 1.29 is 43.2 Å². The van der Waals surface area contributed by atoms with Gasteiger partial charge in [0, 0.05) is 6.07 Å². The van der Waals surface area contributed by atoms with E-state index < -0.39 is 23.8 Å². The standard InChI is InChI=1S/C27H19ClN2O9/c1-36-22-10-15(9-19(28)23(22)37-12-14-3-2-4-16(7-14)26(33)34)8-18-24(31)29-27(35)30(25(18)32)17-5-6-20-21(11-17)39-13-38-20/h2-11H,12-13H2,1H3,(H,33,34)(H,29,31,35)/b18-8+. The summed E-state index contributed by atoms with van der Waals surface area (Å²) in [5.41, 5.74) is 0.906. The highest BCUT2D eigenvalue weighted by Gasteiger charge is 2.37. The second-order valence-corrected chi connectivity index (χ2v) is 8.73. The van der Waals surface area contributed by atoms with Crippen molar-refractivity contribution in [3.8, 4) is 23.0 Å². The largest absolute Gasteiger partial charge is 0.493 e. The van der Waals surface area contributed by atoms with Crippen molar-refractivity contribution in [3.63, 3.8) is 0 Å². The molecule has 0 unspecified atom stereocenters. The summed E-state index contributed by atoms with van der Waals surface area (Å²) in [5.74, 6) is -1.59. The summed E-state index contributed by atoms with van der Waals surface area (Å²) in [6, 6.07) is 12.8. The molecular formula is C27H19ClN2O9. The van der Waals surface area contributed by atoms with Crippen LogP contribution in [-0.2, 0) is 16.2 Å². The lowest BCUT2D eigenvalue weighted by Gasteiger charge is -2.26. The Bertz CT molecular complexity index is 1570. The highest BCUT2D eigenvalue weighted by Crippen LogP contribution is 2.39. The van der Waals surface area contributed by atoms with E-state index in [4.69, 9.17) is 30.5 Å². The van der Waals surface area contributed by atoms with E-state index in [0.717, 1.165) is 4.90 Å². The first-order valence-corrected chi connectivity index (χ1v) is 11.8. The third kappa shape index (κ3) is 5.07. The summed E-state index contributed by atoms with van der Waals surface area (Å²) in [4.78, 5) is 50.4. The van der Waals surface area contributed by atoms with Gasteiger partial charge in [-0.3, -0.25) is 14.9 Å². The predicted molar refractivity (Wildman–Crippen MR) is 137 cm³/mol. The van der Waals surface area contributed by atoms with E-state index in [1.807, 2.05) is 0 Å². The maximum atomic E-state index is 13.3. The van der Waals surface area contributed by atoms with Gasteiger partial charge in [-0.25, -0.2) is 14.5 Å². The molecule has 1 fully saturated rings. The van der Waals surface area contributed by atoms with Crippen LogP contribution in [0.5, 0.6) is 23.0 Å². The third-order valence-electron chi connectivity index (χ3n) is 5.84. The number of anilines is 1. The molecule has 4 amide bonds. The van der Waals surface area contributed by atoms with Crippen molar-refractivity contribution in [2.24, 2.45) is 0 Å². The van der Waals surface area contributed by atoms with Crippen LogP contribution < -0.4 is 29.2 Å². The van der Waals surface area contributed by atoms with Gasteiger partial charge in [0.15, 0.2) is 23.0 Å². The van der Waals surface area contributed by atoms with Gasteiger partial charge < -0.3 is 24.1 Å². The van der Waals surface area contributed by atoms with E-state index in [1.165, 1.54) is 49.6 Å². The molecule has 0 spiro atoms. The van der Waals surface area contributed by atoms with E-state index in [9.17, 15) is 24.3 Å². The van der Waals surface area contributed by atoms with Gasteiger partial charge in [-0.1, -0.05) is 23.7 Å². The number of imide groups is 2. The number of fused-ring (bicyclic) bond motifs is 1. The number of carboxylic acids is 1. The Morgan fingerprint density at radius 2 is 1.90 bits per heavy atom. The number of urea groups is 1. The number of carbonyl (C=O) groups excluding carboxylic acids is 3. The number of hydrogen-bond donors (Lipinski definition) is 2. The number of carboxylic acid groups (broad SMARTS) is 1. The van der Waals surface area contributed by atoms with Crippen molar-refractivity contribution in [2.45, 2.75) is 6.61 Å². The zero-order chi connectivity index (χ0) is 27.7. The van der Waals surface area contributed by atoms with Crippen molar-refractivity contribution in [3.05, 3.63) is 81.9 Å². The normalized spacial score (nSPS) is 15.4. The zero-order valence-electron chi connectivity index (χ0n) is 20.2. The van der Waals surface area contributed by atoms with Crippen LogP contribution in [0.25, 0.3) is 6.08 Å². The zero-order valence-corrected chi connectivity index (χ0v) is 21.0. The molecule has 11 nitrogen and oxygen atoms in total. The molecule has 39 heavy (non-hydrogen) atoms. The van der Waals surface area contributed by atoms with Crippen LogP contribution in [0.4, 0.5) is 10.5 Å². The second-order valence-electron chi connectivity index (χ2n) is 8.32. The van der Waals surface area contributed by atoms with Crippen LogP contribution in [0.1, 0.15) is 21.5 Å². The molecule has 198 valence electrons. The topological polar surface area (TPSA) is 141 Å². The number of hydrogen-bond acceptors (Lipinski definition) is 8. The fourth-order valence-electron chi connectivity index (χ4n) is 4.00. The second kappa shape index (κ2) is 10.4. The van der Waals surface area contributed by atoms with E-state index in [2.05, 4.69) is 5.32 Å². The van der Waals surface area contributed by atoms with Crippen molar-refractivity contribution in [1.82, 2.24) is 5.32 Å². The molecule has 0 saturated carbocycles. The number of barbiturate groups is 1. The van der Waals surface area contributed by atoms with Crippen LogP contribution >= 0.6 is 11.6 Å². The lowest BCUT2D eigenvalue weighted by Crippen LogP contribution is -2.54. The maximum Gasteiger partial charge on any atom is 0.335 e. The summed E-state index contributed by atoms with van der Waals surface area (Å²) in [5, 5.41) is 11.5. The number of benzene rings is 3. The minimum atomic E-state index is -1.06. The van der Waals surface area contributed by atoms with Gasteiger partial charge in [0.1, 0.15) is 12.2 Å². The Morgan fingerprint density at radius 1 is 1.10 bits per heavy atom. The minimum Gasteiger partial charge on any atom is -0.493 e. The molecule has 0 radical (unpaired) electrons. The number of amides is 4. The van der Waals surface area contributed by atoms with Crippen molar-refractivity contribution >= 4 is 47.2 Å². The number of carbonyl (C=O) groups is 4. The average Bonchev–Trinajstić information content (AvgIpc) is 3.38. The van der Waals surface area contributed by atoms with Gasteiger partial charge in [0.25, 0.3) is 11.8 Å². The number of halogens is 1. The van der Waals surface area contributed by atoms with Gasteiger partial charge >= 0.3 is 12.0 Å². The number of rotatable bonds is 7. The third-order valence-corrected chi connectivity index (χ3v) is 6.12. The molecule has 12 heteroatoms. The summed E-state index contributed by atoms with van der Waals surface area (Å²) >= 11 is 6.45. The molecule has 3 aromatic carbocycles. The molecule has 2 aliphatic heterocycles. The Morgan fingerprint density at radius 3 is 2.67 bits per heavy atom. The first-order valence-electron chi connectivity index (χ1n) is 11.4. The summed E-state index contributed by atoms with van der Waals surface area (Å²) in [7, 11) is 1.39. The molecule has 1 saturated heterocycles. The molecular weight excluding hydrogens is 532 g/mol. The predicted octanol–water partition coefficient (Wildman–Crippen LogP) is 4.02. The molecule has 0 bridgehead atoms. The van der Waals surface area contributed by atoms with E-state index in [1.54, 1.807) is 18.2 Å². The quantitative estimate of drug-likeness (QED) is 0.329. The van der Waals surface area contributed by atoms with E-state index in [0.29, 0.717) is 22.6 Å². The lowest BCUT2D eigenvalue weighted by atomic mass is 10.1. The molecule has 2 N–H and O–H groups in total. The Hall–Kier alpha value is -5.03. The Kier molecular flexibility index (Phi) is 6.82. The first-order chi connectivity index (χ1) is 18.7. The van der Waals surface area contributed by atoms with Crippen LogP contribution in [0.3, 0.4) is 0 Å². The molecule has 0 aliphatic carbocycles. The molecule has 0 atom stereocenters. The number of aromatic carboxylic acids is 1. The van der Waals surface area contributed by atoms with Gasteiger partial charge in [-0.2, -0.15) is 0 Å². The monoisotopic (exact) mass is 550 g/mol. The van der Waals surface area contributed by atoms with Gasteiger partial charge in [0.05, 0.1) is 23.4 Å². The highest BCUT2D eigenvalue weighted by atomic mass is 35.5. The van der Waals surface area contributed by atoms with Gasteiger partial charge in [-0.05, 0) is 53.6 Å². The highest BCUT2D eigenvalue weighted by molar-refractivity contribution is 6.39. The van der Waals surface area contributed by atoms with Crippen LogP contribution in [0, 0.1) is 0 Å². The molecule has 2 aliphatic rings. The van der Waals surface area contributed by atoms with Crippen LogP contribution in [0.15, 0.2) is 60.2 Å². The number of ether oxygens (including phenoxy) is 4. The van der Waals surface area contributed by atoms with E-state index >= 15 is 0 Å². The summed E-state index contributed by atoms with van der Waals surface area (Å²) in [6.07, 6.45) is 1.28. The van der Waals surface area contributed by atoms with Gasteiger partial charge in [-0.15, -0.1) is 0 Å². The molecule has 0 aromatic heterocycles. The summed E-state index contributed by atoms with van der Waals surface area (Å²) < 4.78 is 21.8. The SMILES string of the molecule is COc1cc(/C=C2\C(=O)NC(=O)N(c3ccc4c(c3)OCO4)C2=O)cc(Cl)c1OCc1cccc(C(=O)O)c1. The van der Waals surface area contributed by atoms with E-state index in [-0.39, 0.29) is 46.7 Å². The molecule has 5 rings (SSSR count). The first kappa shape index (κ1) is 25.6. The van der Waals surface area contributed by atoms with Crippen LogP contribution in [-0.4, -0.2) is 42.8 Å². The smallest absolute Gasteiger partial charge is 0.335 e. The van der Waals surface area contributed by atoms with Crippen LogP contribution in [0.2, 0.25) is 5.02 Å². The van der Waals surface area contributed by atoms with Crippen molar-refractivity contribution in [1.29, 1.82) is 0 Å². The number of nitrogens with one attached hydrogen (secondary N) is 1. The lowest BCUT2D eigenvalue weighted by molar-refractivity contribution is -0.122. The number of methoxy groups -OCH3 is 1. The summed E-state index contributed by atoms with van der Waals surface area (Å²) in [6.45, 7) is 0.0186. The average molecular weight is 551 g/mol.